The van der Waals surface area contributed by atoms with Gasteiger partial charge in [0.15, 0.2) is 5.78 Å². The number of carbonyl (C=O) groups is 3. The number of benzene rings is 1. The van der Waals surface area contributed by atoms with Gasteiger partial charge in [-0.15, -0.1) is 0 Å². The van der Waals surface area contributed by atoms with E-state index in [9.17, 15) is 22.8 Å². The Morgan fingerprint density at radius 2 is 1.89 bits per heavy atom. The second kappa shape index (κ2) is 8.47. The summed E-state index contributed by atoms with van der Waals surface area (Å²) in [5.41, 5.74) is -1.58. The van der Waals surface area contributed by atoms with E-state index in [0.717, 1.165) is 13.2 Å². The van der Waals surface area contributed by atoms with Crippen LogP contribution in [-0.2, 0) is 33.7 Å². The Morgan fingerprint density at radius 3 is 2.41 bits per heavy atom. The third kappa shape index (κ3) is 4.44. The highest BCUT2D eigenvalue weighted by atomic mass is 32.2. The molecule has 0 amide bonds. The Balaban J connectivity index is 2.51. The number of ketones is 1. The van der Waals surface area contributed by atoms with Crippen molar-refractivity contribution in [1.29, 1.82) is 0 Å². The monoisotopic (exact) mass is 394 g/mol. The molecule has 146 valence electrons. The third-order valence-corrected chi connectivity index (χ3v) is 6.26. The minimum atomic E-state index is -4.07. The minimum absolute atomic E-state index is 0.0205. The highest BCUT2D eigenvalue weighted by Crippen LogP contribution is 2.43. The van der Waals surface area contributed by atoms with Crippen LogP contribution in [0.1, 0.15) is 39.5 Å². The molecule has 0 N–H and O–H groups in total. The van der Waals surface area contributed by atoms with E-state index in [1.165, 1.54) is 12.1 Å². The van der Waals surface area contributed by atoms with Crippen molar-refractivity contribution in [3.05, 3.63) is 41.5 Å². The van der Waals surface area contributed by atoms with E-state index in [4.69, 9.17) is 9.47 Å². The van der Waals surface area contributed by atoms with Crippen molar-refractivity contribution in [3.63, 3.8) is 0 Å². The van der Waals surface area contributed by atoms with E-state index in [-0.39, 0.29) is 35.0 Å². The highest BCUT2D eigenvalue weighted by molar-refractivity contribution is 7.95. The summed E-state index contributed by atoms with van der Waals surface area (Å²) in [4.78, 5) is 35.9. The first-order valence-electron chi connectivity index (χ1n) is 8.61. The van der Waals surface area contributed by atoms with Crippen molar-refractivity contribution >= 4 is 27.6 Å². The molecule has 0 radical (unpaired) electrons. The number of allylic oxidation sites excluding steroid dienone is 1. The number of hydrogen-bond donors (Lipinski definition) is 0. The van der Waals surface area contributed by atoms with Crippen molar-refractivity contribution in [2.45, 2.75) is 44.4 Å². The lowest BCUT2D eigenvalue weighted by molar-refractivity contribution is -0.158. The zero-order valence-corrected chi connectivity index (χ0v) is 16.1. The van der Waals surface area contributed by atoms with Crippen LogP contribution in [0, 0.1) is 5.41 Å². The Morgan fingerprint density at radius 1 is 1.22 bits per heavy atom. The molecule has 0 aliphatic heterocycles. The fraction of sp³-hybridized carbons (Fsp3) is 0.421. The van der Waals surface area contributed by atoms with E-state index in [2.05, 4.69) is 0 Å². The summed E-state index contributed by atoms with van der Waals surface area (Å²) in [7, 11) is -4.07. The molecule has 1 aliphatic carbocycles. The van der Waals surface area contributed by atoms with Gasteiger partial charge >= 0.3 is 11.9 Å². The molecular weight excluding hydrogens is 372 g/mol. The van der Waals surface area contributed by atoms with Gasteiger partial charge in [-0.05, 0) is 31.9 Å². The van der Waals surface area contributed by atoms with Gasteiger partial charge < -0.3 is 9.47 Å². The molecule has 1 saturated carbocycles. The molecule has 1 aromatic rings. The molecular formula is C19H22O7S. The van der Waals surface area contributed by atoms with Crippen molar-refractivity contribution in [2.24, 2.45) is 5.41 Å². The van der Waals surface area contributed by atoms with Crippen LogP contribution in [0.5, 0.6) is 0 Å². The molecule has 1 aliphatic rings. The van der Waals surface area contributed by atoms with Crippen molar-refractivity contribution < 1.29 is 32.3 Å². The number of sulfone groups is 1. The zero-order chi connectivity index (χ0) is 20.1. The van der Waals surface area contributed by atoms with Gasteiger partial charge in [0.1, 0.15) is 11.7 Å². The quantitative estimate of drug-likeness (QED) is 0.398. The first kappa shape index (κ1) is 20.8. The number of esters is 2. The summed E-state index contributed by atoms with van der Waals surface area (Å²) < 4.78 is 35.9. The van der Waals surface area contributed by atoms with E-state index in [0.29, 0.717) is 6.42 Å². The Labute approximate surface area is 158 Å². The number of Topliss-reactive ketones (excluding diaryl/α,β-unsaturated/α-hetero) is 1. The van der Waals surface area contributed by atoms with E-state index in [1.54, 1.807) is 25.1 Å². The smallest absolute Gasteiger partial charge is 0.319 e. The van der Waals surface area contributed by atoms with E-state index < -0.39 is 33.6 Å². The van der Waals surface area contributed by atoms with Crippen LogP contribution in [0.2, 0.25) is 0 Å². The lowest BCUT2D eigenvalue weighted by Gasteiger charge is -2.26. The molecule has 0 aromatic heterocycles. The van der Waals surface area contributed by atoms with Gasteiger partial charge in [0.25, 0.3) is 0 Å². The van der Waals surface area contributed by atoms with Gasteiger partial charge in [0.2, 0.25) is 9.84 Å². The molecule has 7 nitrogen and oxygen atoms in total. The summed E-state index contributed by atoms with van der Waals surface area (Å²) in [5.74, 6) is -1.82. The van der Waals surface area contributed by atoms with Crippen LogP contribution in [0.4, 0.5) is 0 Å². The topological polar surface area (TPSA) is 104 Å². The highest BCUT2D eigenvalue weighted by Gasteiger charge is 2.51. The van der Waals surface area contributed by atoms with Gasteiger partial charge in [-0.25, -0.2) is 8.42 Å². The number of carbonyl (C=O) groups excluding carboxylic acids is 3. The average molecular weight is 394 g/mol. The van der Waals surface area contributed by atoms with E-state index in [1.807, 2.05) is 0 Å². The molecule has 1 unspecified atom stereocenters. The third-order valence-electron chi connectivity index (χ3n) is 4.44. The molecule has 2 rings (SSSR count). The van der Waals surface area contributed by atoms with Crippen LogP contribution in [0.15, 0.2) is 46.4 Å². The summed E-state index contributed by atoms with van der Waals surface area (Å²) in [5, 5.41) is 0. The zero-order valence-electron chi connectivity index (χ0n) is 15.3. The van der Waals surface area contributed by atoms with E-state index >= 15 is 0 Å². The molecule has 0 saturated heterocycles. The molecule has 1 fully saturated rings. The summed E-state index contributed by atoms with van der Waals surface area (Å²) in [6.45, 7) is 2.81. The van der Waals surface area contributed by atoms with Crippen LogP contribution < -0.4 is 0 Å². The number of ether oxygens (including phenoxy) is 2. The molecule has 27 heavy (non-hydrogen) atoms. The predicted octanol–water partition coefficient (Wildman–Crippen LogP) is 2.56. The van der Waals surface area contributed by atoms with Gasteiger partial charge in [-0.2, -0.15) is 0 Å². The molecule has 1 atom stereocenters. The number of hydrogen-bond acceptors (Lipinski definition) is 7. The molecule has 0 bridgehead atoms. The predicted molar refractivity (Wildman–Crippen MR) is 96.0 cm³/mol. The minimum Gasteiger partial charge on any atom is -0.465 e. The lowest BCUT2D eigenvalue weighted by Crippen LogP contribution is -2.38. The normalized spacial score (nSPS) is 20.4. The Kier molecular flexibility index (Phi) is 6.54. The van der Waals surface area contributed by atoms with Crippen LogP contribution in [0.3, 0.4) is 0 Å². The van der Waals surface area contributed by atoms with Crippen LogP contribution >= 0.6 is 0 Å². The number of rotatable bonds is 7. The lowest BCUT2D eigenvalue weighted by atomic mass is 9.81. The van der Waals surface area contributed by atoms with Gasteiger partial charge in [0, 0.05) is 19.8 Å². The standard InChI is InChI=1S/C19H22O7S/c1-3-25-18(22)19(11-7-10-17(19)21)12-16(13-26-14(2)20)27(23,24)15-8-5-4-6-9-15/h4-6,8-9,13H,3,7,10-12H2,1-2H3/b16-13+. The average Bonchev–Trinajstić information content (AvgIpc) is 3.01. The maximum Gasteiger partial charge on any atom is 0.319 e. The Hall–Kier alpha value is -2.48. The van der Waals surface area contributed by atoms with Gasteiger partial charge in [0.05, 0.1) is 16.4 Å². The SMILES string of the molecule is CCOC(=O)C1(C/C(=C\OC(C)=O)S(=O)(=O)c2ccccc2)CCCC1=O. The van der Waals surface area contributed by atoms with Crippen molar-refractivity contribution in [1.82, 2.24) is 0 Å². The summed E-state index contributed by atoms with van der Waals surface area (Å²) in [6, 6.07) is 7.56. The summed E-state index contributed by atoms with van der Waals surface area (Å²) in [6.07, 6.45) is 1.23. The second-order valence-corrected chi connectivity index (χ2v) is 8.27. The van der Waals surface area contributed by atoms with Crippen molar-refractivity contribution in [2.75, 3.05) is 6.61 Å². The van der Waals surface area contributed by atoms with Crippen molar-refractivity contribution in [3.8, 4) is 0 Å². The Bertz CT molecular complexity index is 855. The van der Waals surface area contributed by atoms with Crippen LogP contribution in [-0.4, -0.2) is 32.7 Å². The second-order valence-electron chi connectivity index (χ2n) is 6.27. The van der Waals surface area contributed by atoms with Crippen LogP contribution in [0.25, 0.3) is 0 Å². The fourth-order valence-electron chi connectivity index (χ4n) is 3.07. The molecule has 1 aromatic carbocycles. The van der Waals surface area contributed by atoms with Gasteiger partial charge in [-0.3, -0.25) is 14.4 Å². The molecule has 0 spiro atoms. The maximum absolute atomic E-state index is 13.0. The molecule has 8 heteroatoms. The first-order chi connectivity index (χ1) is 12.7. The summed E-state index contributed by atoms with van der Waals surface area (Å²) >= 11 is 0. The first-order valence-corrected chi connectivity index (χ1v) is 10.1. The fourth-order valence-corrected chi connectivity index (χ4v) is 4.50. The molecule has 0 heterocycles. The van der Waals surface area contributed by atoms with Gasteiger partial charge in [-0.1, -0.05) is 18.2 Å². The maximum atomic E-state index is 13.0. The largest absolute Gasteiger partial charge is 0.465 e.